The molecule has 0 bridgehead atoms. The van der Waals surface area contributed by atoms with E-state index in [-0.39, 0.29) is 12.1 Å². The van der Waals surface area contributed by atoms with Gasteiger partial charge in [-0.2, -0.15) is 0 Å². The van der Waals surface area contributed by atoms with Crippen molar-refractivity contribution in [2.75, 3.05) is 7.11 Å². The van der Waals surface area contributed by atoms with Gasteiger partial charge in [0, 0.05) is 39.4 Å². The summed E-state index contributed by atoms with van der Waals surface area (Å²) in [6.45, 7) is 4.27. The van der Waals surface area contributed by atoms with Crippen LogP contribution < -0.4 is 15.2 Å². The van der Waals surface area contributed by atoms with Crippen molar-refractivity contribution < 1.29 is 9.47 Å². The summed E-state index contributed by atoms with van der Waals surface area (Å²) in [5.74, 6) is 1.64. The Bertz CT molecular complexity index is 635. The summed E-state index contributed by atoms with van der Waals surface area (Å²) in [6.07, 6.45) is 0.852. The zero-order chi connectivity index (χ0) is 14.3. The van der Waals surface area contributed by atoms with Crippen LogP contribution in [0.4, 0.5) is 0 Å². The maximum atomic E-state index is 6.31. The molecular formula is C16H19NO2S. The van der Waals surface area contributed by atoms with Gasteiger partial charge in [-0.15, -0.1) is 11.3 Å². The van der Waals surface area contributed by atoms with E-state index < -0.39 is 0 Å². The van der Waals surface area contributed by atoms with Gasteiger partial charge in [0.15, 0.2) is 0 Å². The summed E-state index contributed by atoms with van der Waals surface area (Å²) >= 11 is 1.81. The van der Waals surface area contributed by atoms with Crippen molar-refractivity contribution in [3.05, 3.63) is 45.1 Å². The Morgan fingerprint density at radius 2 is 2.05 bits per heavy atom. The summed E-state index contributed by atoms with van der Waals surface area (Å²) < 4.78 is 11.4. The maximum absolute atomic E-state index is 6.31. The van der Waals surface area contributed by atoms with Crippen molar-refractivity contribution in [2.45, 2.75) is 32.4 Å². The maximum Gasteiger partial charge on any atom is 0.128 e. The second-order valence-corrected chi connectivity index (χ2v) is 6.68. The molecule has 1 aliphatic rings. The summed E-state index contributed by atoms with van der Waals surface area (Å²) in [6, 6.07) is 8.08. The first-order valence-electron chi connectivity index (χ1n) is 6.75. The van der Waals surface area contributed by atoms with E-state index in [1.807, 2.05) is 29.5 Å². The quantitative estimate of drug-likeness (QED) is 0.912. The van der Waals surface area contributed by atoms with Gasteiger partial charge >= 0.3 is 0 Å². The molecule has 0 radical (unpaired) electrons. The Kier molecular flexibility index (Phi) is 3.44. The van der Waals surface area contributed by atoms with Crippen LogP contribution >= 0.6 is 11.3 Å². The molecular weight excluding hydrogens is 270 g/mol. The minimum atomic E-state index is 0.00858. The molecule has 2 atom stereocenters. The number of aryl methyl sites for hydroxylation is 2. The van der Waals surface area contributed by atoms with E-state index in [1.54, 1.807) is 7.11 Å². The third-order valence-electron chi connectivity index (χ3n) is 3.78. The van der Waals surface area contributed by atoms with Crippen LogP contribution in [0.2, 0.25) is 0 Å². The van der Waals surface area contributed by atoms with Crippen LogP contribution in [0.1, 0.15) is 39.4 Å². The Morgan fingerprint density at radius 3 is 2.70 bits per heavy atom. The highest BCUT2D eigenvalue weighted by atomic mass is 32.1. The number of nitrogens with two attached hydrogens (primary N) is 1. The number of hydrogen-bond donors (Lipinski definition) is 1. The van der Waals surface area contributed by atoms with E-state index in [1.165, 1.54) is 15.3 Å². The first-order valence-corrected chi connectivity index (χ1v) is 7.57. The molecule has 0 fully saturated rings. The van der Waals surface area contributed by atoms with Gasteiger partial charge in [-0.25, -0.2) is 0 Å². The molecule has 1 aromatic heterocycles. The van der Waals surface area contributed by atoms with Crippen molar-refractivity contribution in [3.63, 3.8) is 0 Å². The lowest BCUT2D eigenvalue weighted by atomic mass is 9.93. The van der Waals surface area contributed by atoms with Crippen LogP contribution in [0.25, 0.3) is 0 Å². The van der Waals surface area contributed by atoms with Crippen molar-refractivity contribution in [1.29, 1.82) is 0 Å². The molecule has 1 aliphatic heterocycles. The molecule has 2 heterocycles. The molecule has 0 spiro atoms. The molecule has 3 nitrogen and oxygen atoms in total. The average molecular weight is 289 g/mol. The number of ether oxygens (including phenoxy) is 2. The van der Waals surface area contributed by atoms with Crippen LogP contribution in [-0.4, -0.2) is 7.11 Å². The molecule has 0 saturated heterocycles. The van der Waals surface area contributed by atoms with Gasteiger partial charge in [0.1, 0.15) is 17.6 Å². The van der Waals surface area contributed by atoms with Gasteiger partial charge in [0.2, 0.25) is 0 Å². The molecule has 20 heavy (non-hydrogen) atoms. The summed E-state index contributed by atoms with van der Waals surface area (Å²) in [7, 11) is 1.66. The van der Waals surface area contributed by atoms with Crippen molar-refractivity contribution in [1.82, 2.24) is 0 Å². The highest BCUT2D eigenvalue weighted by Crippen LogP contribution is 2.43. The van der Waals surface area contributed by atoms with Crippen LogP contribution in [0, 0.1) is 13.8 Å². The van der Waals surface area contributed by atoms with Gasteiger partial charge in [-0.3, -0.25) is 0 Å². The van der Waals surface area contributed by atoms with Gasteiger partial charge in [-0.05, 0) is 26.0 Å². The molecule has 3 rings (SSSR count). The molecule has 0 aliphatic carbocycles. The molecule has 106 valence electrons. The fourth-order valence-electron chi connectivity index (χ4n) is 2.77. The lowest BCUT2D eigenvalue weighted by Crippen LogP contribution is -2.24. The Hall–Kier alpha value is -1.52. The largest absolute Gasteiger partial charge is 0.497 e. The normalized spacial score (nSPS) is 21.2. The Morgan fingerprint density at radius 1 is 1.25 bits per heavy atom. The predicted octanol–water partition coefficient (Wildman–Crippen LogP) is 3.90. The molecule has 1 unspecified atom stereocenters. The second-order valence-electron chi connectivity index (χ2n) is 5.22. The smallest absolute Gasteiger partial charge is 0.128 e. The predicted molar refractivity (Wildman–Crippen MR) is 81.7 cm³/mol. The number of rotatable bonds is 2. The van der Waals surface area contributed by atoms with Crippen molar-refractivity contribution in [2.24, 2.45) is 5.73 Å². The number of fused-ring (bicyclic) bond motifs is 1. The van der Waals surface area contributed by atoms with E-state index in [0.29, 0.717) is 0 Å². The minimum absolute atomic E-state index is 0.00858. The SMILES string of the molecule is COc1ccc2c(c1)OC(c1cc(C)sc1C)C[C@@H]2N. The number of benzene rings is 1. The van der Waals surface area contributed by atoms with Crippen LogP contribution in [0.5, 0.6) is 11.5 Å². The lowest BCUT2D eigenvalue weighted by Gasteiger charge is -2.30. The Balaban J connectivity index is 1.96. The molecule has 2 aromatic rings. The van der Waals surface area contributed by atoms with E-state index in [2.05, 4.69) is 19.9 Å². The zero-order valence-corrected chi connectivity index (χ0v) is 12.8. The van der Waals surface area contributed by atoms with E-state index in [0.717, 1.165) is 23.5 Å². The number of thiophene rings is 1. The molecule has 0 saturated carbocycles. The molecule has 2 N–H and O–H groups in total. The third-order valence-corrected chi connectivity index (χ3v) is 4.77. The topological polar surface area (TPSA) is 44.5 Å². The van der Waals surface area contributed by atoms with Gasteiger partial charge < -0.3 is 15.2 Å². The highest BCUT2D eigenvalue weighted by molar-refractivity contribution is 7.12. The first kappa shape index (κ1) is 13.5. The molecule has 1 aromatic carbocycles. The van der Waals surface area contributed by atoms with Gasteiger partial charge in [0.05, 0.1) is 7.11 Å². The summed E-state index contributed by atoms with van der Waals surface area (Å²) in [4.78, 5) is 2.62. The monoisotopic (exact) mass is 289 g/mol. The van der Waals surface area contributed by atoms with Gasteiger partial charge in [0.25, 0.3) is 0 Å². The zero-order valence-electron chi connectivity index (χ0n) is 12.0. The van der Waals surface area contributed by atoms with E-state index in [9.17, 15) is 0 Å². The fourth-order valence-corrected chi connectivity index (χ4v) is 3.75. The number of hydrogen-bond acceptors (Lipinski definition) is 4. The van der Waals surface area contributed by atoms with Gasteiger partial charge in [-0.1, -0.05) is 6.07 Å². The highest BCUT2D eigenvalue weighted by Gasteiger charge is 2.29. The van der Waals surface area contributed by atoms with Crippen LogP contribution in [0.3, 0.4) is 0 Å². The van der Waals surface area contributed by atoms with E-state index >= 15 is 0 Å². The third kappa shape index (κ3) is 2.30. The van der Waals surface area contributed by atoms with Crippen LogP contribution in [0.15, 0.2) is 24.3 Å². The average Bonchev–Trinajstić information content (AvgIpc) is 2.77. The molecule has 0 amide bonds. The van der Waals surface area contributed by atoms with Crippen molar-refractivity contribution in [3.8, 4) is 11.5 Å². The molecule has 4 heteroatoms. The Labute approximate surface area is 123 Å². The standard InChI is InChI=1S/C16H19NO2S/c1-9-6-13(10(2)20-9)16-8-14(17)12-5-4-11(18-3)7-15(12)19-16/h4-7,14,16H,8,17H2,1-3H3/t14-,16?/m0/s1. The summed E-state index contributed by atoms with van der Waals surface area (Å²) in [5.41, 5.74) is 8.63. The lowest BCUT2D eigenvalue weighted by molar-refractivity contribution is 0.160. The van der Waals surface area contributed by atoms with E-state index in [4.69, 9.17) is 15.2 Å². The fraction of sp³-hybridized carbons (Fsp3) is 0.375. The first-order chi connectivity index (χ1) is 9.58. The summed E-state index contributed by atoms with van der Waals surface area (Å²) in [5, 5.41) is 0. The number of methoxy groups -OCH3 is 1. The van der Waals surface area contributed by atoms with Crippen molar-refractivity contribution >= 4 is 11.3 Å². The van der Waals surface area contributed by atoms with Crippen LogP contribution in [-0.2, 0) is 0 Å². The minimum Gasteiger partial charge on any atom is -0.497 e. The second kappa shape index (κ2) is 5.11.